The summed E-state index contributed by atoms with van der Waals surface area (Å²) in [5.41, 5.74) is 0.721. The largest absolute Gasteiger partial charge is 0.436 e. The van der Waals surface area contributed by atoms with Gasteiger partial charge in [0.25, 0.3) is 15.9 Å². The molecule has 2 aromatic heterocycles. The second-order valence-corrected chi connectivity index (χ2v) is 12.7. The molecule has 0 saturated carbocycles. The van der Waals surface area contributed by atoms with Crippen LogP contribution in [0.1, 0.15) is 35.0 Å². The summed E-state index contributed by atoms with van der Waals surface area (Å²) in [4.78, 5) is 19.4. The third kappa shape index (κ3) is 4.63. The molecule has 1 saturated heterocycles. The van der Waals surface area contributed by atoms with Crippen LogP contribution in [0.5, 0.6) is 0 Å². The SMILES string of the molecule is CN1Cc2nc(C(=O)N3CCN(S(=O)(=O)c4cc5ccc(Cl)cc5s4)CC3CCC#N)oc2CN1C. The Hall–Kier alpha value is -2.53. The van der Waals surface area contributed by atoms with Crippen molar-refractivity contribution >= 4 is 49.0 Å². The van der Waals surface area contributed by atoms with Crippen LogP contribution in [-0.2, 0) is 23.1 Å². The van der Waals surface area contributed by atoms with E-state index in [1.54, 1.807) is 29.2 Å². The fourth-order valence-corrected chi connectivity index (χ4v) is 7.83. The van der Waals surface area contributed by atoms with Gasteiger partial charge in [-0.15, -0.1) is 11.3 Å². The zero-order valence-electron chi connectivity index (χ0n) is 19.8. The van der Waals surface area contributed by atoms with Crippen LogP contribution in [-0.4, -0.2) is 78.3 Å². The third-order valence-corrected chi connectivity index (χ3v) is 10.3. The molecule has 2 aliphatic rings. The Balaban J connectivity index is 1.38. The van der Waals surface area contributed by atoms with Gasteiger partial charge in [-0.2, -0.15) is 9.57 Å². The summed E-state index contributed by atoms with van der Waals surface area (Å²) in [6.45, 7) is 1.45. The molecule has 3 aromatic rings. The highest BCUT2D eigenvalue weighted by molar-refractivity contribution is 7.91. The van der Waals surface area contributed by atoms with E-state index in [9.17, 15) is 18.5 Å². The molecule has 0 aliphatic carbocycles. The smallest absolute Gasteiger partial charge is 0.310 e. The predicted molar refractivity (Wildman–Crippen MR) is 135 cm³/mol. The Morgan fingerprint density at radius 1 is 1.25 bits per heavy atom. The summed E-state index contributed by atoms with van der Waals surface area (Å²) in [5.74, 6) is 0.271. The molecule has 1 aromatic carbocycles. The molecule has 190 valence electrons. The lowest BCUT2D eigenvalue weighted by Crippen LogP contribution is -2.56. The number of hydrazine groups is 1. The van der Waals surface area contributed by atoms with E-state index in [1.165, 1.54) is 15.6 Å². The fraction of sp³-hybridized carbons (Fsp3) is 0.435. The average Bonchev–Trinajstić information content (AvgIpc) is 3.46. The van der Waals surface area contributed by atoms with Gasteiger partial charge in [-0.05, 0) is 30.0 Å². The van der Waals surface area contributed by atoms with Crippen molar-refractivity contribution in [1.82, 2.24) is 24.2 Å². The van der Waals surface area contributed by atoms with Gasteiger partial charge in [-0.3, -0.25) is 4.79 Å². The number of sulfonamides is 1. The lowest BCUT2D eigenvalue weighted by atomic mass is 10.1. The monoisotopic (exact) mass is 548 g/mol. The van der Waals surface area contributed by atoms with E-state index in [0.717, 1.165) is 15.8 Å². The van der Waals surface area contributed by atoms with E-state index < -0.39 is 16.1 Å². The van der Waals surface area contributed by atoms with Crippen LogP contribution in [0.25, 0.3) is 10.1 Å². The number of hydrogen-bond donors (Lipinski definition) is 0. The lowest BCUT2D eigenvalue weighted by molar-refractivity contribution is -0.0103. The molecule has 1 unspecified atom stereocenters. The maximum atomic E-state index is 13.5. The Morgan fingerprint density at radius 2 is 2.03 bits per heavy atom. The number of thiophene rings is 1. The van der Waals surface area contributed by atoms with Crippen LogP contribution in [0.15, 0.2) is 32.9 Å². The number of carbonyl (C=O) groups excluding carboxylic acids is 1. The van der Waals surface area contributed by atoms with Crippen LogP contribution < -0.4 is 0 Å². The van der Waals surface area contributed by atoms with Gasteiger partial charge < -0.3 is 9.32 Å². The fourth-order valence-electron chi connectivity index (χ4n) is 4.54. The molecule has 13 heteroatoms. The highest BCUT2D eigenvalue weighted by Gasteiger charge is 2.39. The topological polar surface area (TPSA) is 114 Å². The quantitative estimate of drug-likeness (QED) is 0.477. The van der Waals surface area contributed by atoms with Gasteiger partial charge in [0.2, 0.25) is 0 Å². The molecule has 5 rings (SSSR count). The highest BCUT2D eigenvalue weighted by Crippen LogP contribution is 2.34. The molecule has 4 heterocycles. The Morgan fingerprint density at radius 3 is 2.81 bits per heavy atom. The van der Waals surface area contributed by atoms with Gasteiger partial charge in [-0.25, -0.2) is 23.4 Å². The Labute approximate surface area is 218 Å². The number of fused-ring (bicyclic) bond motifs is 2. The molecule has 2 aliphatic heterocycles. The van der Waals surface area contributed by atoms with E-state index in [0.29, 0.717) is 30.3 Å². The zero-order valence-corrected chi connectivity index (χ0v) is 22.2. The molecule has 36 heavy (non-hydrogen) atoms. The summed E-state index contributed by atoms with van der Waals surface area (Å²) in [6, 6.07) is 8.56. The number of benzene rings is 1. The van der Waals surface area contributed by atoms with Crippen molar-refractivity contribution in [1.29, 1.82) is 5.26 Å². The molecule has 1 amide bonds. The second-order valence-electron chi connectivity index (χ2n) is 8.98. The number of hydrogen-bond acceptors (Lipinski definition) is 9. The van der Waals surface area contributed by atoms with Crippen molar-refractivity contribution in [3.8, 4) is 6.07 Å². The molecule has 0 bridgehead atoms. The van der Waals surface area contributed by atoms with Gasteiger partial charge in [0.1, 0.15) is 9.97 Å². The van der Waals surface area contributed by atoms with E-state index >= 15 is 0 Å². The summed E-state index contributed by atoms with van der Waals surface area (Å²) < 4.78 is 35.2. The van der Waals surface area contributed by atoms with Crippen LogP contribution in [0.2, 0.25) is 5.02 Å². The first-order chi connectivity index (χ1) is 17.2. The minimum absolute atomic E-state index is 0.00310. The van der Waals surface area contributed by atoms with Gasteiger partial charge in [-0.1, -0.05) is 17.7 Å². The molecule has 10 nitrogen and oxygen atoms in total. The van der Waals surface area contributed by atoms with E-state index in [2.05, 4.69) is 11.1 Å². The molecular formula is C23H25ClN6O4S2. The van der Waals surface area contributed by atoms with Gasteiger partial charge in [0.05, 0.1) is 24.9 Å². The molecule has 1 fully saturated rings. The second kappa shape index (κ2) is 9.74. The average molecular weight is 549 g/mol. The lowest BCUT2D eigenvalue weighted by Gasteiger charge is -2.39. The number of rotatable bonds is 5. The summed E-state index contributed by atoms with van der Waals surface area (Å²) in [6.07, 6.45) is 0.545. The van der Waals surface area contributed by atoms with E-state index in [4.69, 9.17) is 16.0 Å². The van der Waals surface area contributed by atoms with E-state index in [1.807, 2.05) is 24.1 Å². The van der Waals surface area contributed by atoms with Crippen molar-refractivity contribution in [3.05, 3.63) is 46.6 Å². The number of amides is 1. The first kappa shape index (κ1) is 25.1. The van der Waals surface area contributed by atoms with E-state index in [-0.39, 0.29) is 42.1 Å². The number of nitrogens with zero attached hydrogens (tertiary/aromatic N) is 6. The Kier molecular flexibility index (Phi) is 6.80. The minimum Gasteiger partial charge on any atom is -0.436 e. The molecule has 0 N–H and O–H groups in total. The third-order valence-electron chi connectivity index (χ3n) is 6.64. The summed E-state index contributed by atoms with van der Waals surface area (Å²) in [7, 11) is 0.0735. The summed E-state index contributed by atoms with van der Waals surface area (Å²) >= 11 is 7.24. The normalized spacial score (nSPS) is 19.9. The number of nitriles is 1. The van der Waals surface area contributed by atoms with Crippen LogP contribution in [0.3, 0.4) is 0 Å². The van der Waals surface area contributed by atoms with Crippen LogP contribution >= 0.6 is 22.9 Å². The standard InChI is InChI=1S/C23H25ClN6O4S2/c1-27-13-18-19(14-28(27)2)34-22(26-18)23(31)30-9-8-29(12-17(30)4-3-7-25)36(32,33)21-10-15-5-6-16(24)11-20(15)35-21/h5-6,10-11,17H,3-4,8-9,12-14H2,1-2H3. The van der Waals surface area contributed by atoms with Crippen molar-refractivity contribution in [2.24, 2.45) is 0 Å². The Bertz CT molecular complexity index is 1440. The molecule has 1 atom stereocenters. The number of aromatic nitrogens is 1. The van der Waals surface area contributed by atoms with Crippen molar-refractivity contribution in [3.63, 3.8) is 0 Å². The molecule has 0 spiro atoms. The first-order valence-electron chi connectivity index (χ1n) is 11.5. The van der Waals surface area contributed by atoms with Crippen molar-refractivity contribution in [2.45, 2.75) is 36.2 Å². The highest BCUT2D eigenvalue weighted by atomic mass is 35.5. The molecule has 0 radical (unpaired) electrons. The van der Waals surface area contributed by atoms with Crippen LogP contribution in [0, 0.1) is 11.3 Å². The predicted octanol–water partition coefficient (Wildman–Crippen LogP) is 3.15. The first-order valence-corrected chi connectivity index (χ1v) is 14.1. The number of halogens is 1. The van der Waals surface area contributed by atoms with Crippen molar-refractivity contribution in [2.75, 3.05) is 33.7 Å². The number of carbonyl (C=O) groups is 1. The maximum absolute atomic E-state index is 13.5. The van der Waals surface area contributed by atoms with Gasteiger partial charge >= 0.3 is 5.91 Å². The zero-order chi connectivity index (χ0) is 25.6. The van der Waals surface area contributed by atoms with Gasteiger partial charge in [0, 0.05) is 55.9 Å². The maximum Gasteiger partial charge on any atom is 0.310 e. The number of oxazole rings is 1. The van der Waals surface area contributed by atoms with Crippen molar-refractivity contribution < 1.29 is 17.6 Å². The summed E-state index contributed by atoms with van der Waals surface area (Å²) in [5, 5.41) is 14.5. The number of piperazine rings is 1. The minimum atomic E-state index is -3.79. The van der Waals surface area contributed by atoms with Gasteiger partial charge in [0.15, 0.2) is 0 Å². The molecular weight excluding hydrogens is 524 g/mol. The van der Waals surface area contributed by atoms with Crippen LogP contribution in [0.4, 0.5) is 0 Å².